The fourth-order valence-corrected chi connectivity index (χ4v) is 4.68. The molecule has 0 bridgehead atoms. The fraction of sp³-hybridized carbons (Fsp3) is 0.370. The minimum Gasteiger partial charge on any atom is -0.493 e. The van der Waals surface area contributed by atoms with E-state index < -0.39 is 11.9 Å². The van der Waals surface area contributed by atoms with E-state index in [9.17, 15) is 4.79 Å². The van der Waals surface area contributed by atoms with E-state index in [4.69, 9.17) is 29.7 Å². The first-order valence-corrected chi connectivity index (χ1v) is 12.8. The van der Waals surface area contributed by atoms with E-state index in [1.54, 1.807) is 39.9 Å². The molecule has 0 aliphatic carbocycles. The molecule has 1 atom stereocenters. The lowest BCUT2D eigenvalue weighted by Gasteiger charge is -2.23. The van der Waals surface area contributed by atoms with Crippen molar-refractivity contribution >= 4 is 34.5 Å². The van der Waals surface area contributed by atoms with Crippen molar-refractivity contribution in [1.29, 1.82) is 0 Å². The number of imidazole rings is 1. The van der Waals surface area contributed by atoms with Crippen molar-refractivity contribution < 1.29 is 23.7 Å². The number of benzene rings is 1. The van der Waals surface area contributed by atoms with Crippen molar-refractivity contribution in [2.24, 2.45) is 5.73 Å². The minimum absolute atomic E-state index is 0.0548. The molecule has 0 spiro atoms. The Morgan fingerprint density at radius 2 is 1.82 bits per heavy atom. The maximum absolute atomic E-state index is 12.1. The zero-order valence-corrected chi connectivity index (χ0v) is 23.0. The molecule has 5 rings (SSSR count). The number of amides is 1. The summed E-state index contributed by atoms with van der Waals surface area (Å²) in [5, 5.41) is 3.95. The molecule has 3 N–H and O–H groups in total. The number of carbonyl (C=O) groups excluding carboxylic acids is 1. The number of primary amides is 1. The Labute approximate surface area is 231 Å². The maximum Gasteiger partial charge on any atom is 0.240 e. The smallest absolute Gasteiger partial charge is 0.240 e. The molecule has 3 aromatic heterocycles. The summed E-state index contributed by atoms with van der Waals surface area (Å²) in [6.45, 7) is 4.46. The highest BCUT2D eigenvalue weighted by Crippen LogP contribution is 2.39. The molecule has 1 saturated heterocycles. The van der Waals surface area contributed by atoms with Crippen LogP contribution in [0.2, 0.25) is 0 Å². The van der Waals surface area contributed by atoms with E-state index in [1.807, 2.05) is 41.5 Å². The Balaban J connectivity index is 1.54. The second kappa shape index (κ2) is 11.1. The van der Waals surface area contributed by atoms with Gasteiger partial charge < -0.3 is 39.5 Å². The van der Waals surface area contributed by atoms with Gasteiger partial charge in [-0.05, 0) is 32.8 Å². The van der Waals surface area contributed by atoms with Crippen LogP contribution in [-0.4, -0.2) is 70.4 Å². The Morgan fingerprint density at radius 1 is 1.07 bits per heavy atom. The zero-order valence-electron chi connectivity index (χ0n) is 23.0. The Kier molecular flexibility index (Phi) is 7.45. The van der Waals surface area contributed by atoms with Crippen molar-refractivity contribution in [2.75, 3.05) is 38.1 Å². The van der Waals surface area contributed by atoms with Crippen LogP contribution in [0.3, 0.4) is 0 Å². The molecule has 13 nitrogen and oxygen atoms in total. The summed E-state index contributed by atoms with van der Waals surface area (Å²) in [7, 11) is 4.68. The molecule has 1 aliphatic heterocycles. The monoisotopic (exact) mass is 548 g/mol. The van der Waals surface area contributed by atoms with Gasteiger partial charge in [-0.3, -0.25) is 4.79 Å². The normalized spacial score (nSPS) is 14.9. The molecule has 40 heavy (non-hydrogen) atoms. The predicted molar refractivity (Wildman–Crippen MR) is 149 cm³/mol. The van der Waals surface area contributed by atoms with Crippen molar-refractivity contribution in [1.82, 2.24) is 24.5 Å². The molecule has 0 saturated carbocycles. The van der Waals surface area contributed by atoms with Gasteiger partial charge in [-0.15, -0.1) is 0 Å². The van der Waals surface area contributed by atoms with E-state index in [0.717, 1.165) is 12.1 Å². The molecular formula is C27H32N8O5. The van der Waals surface area contributed by atoms with E-state index >= 15 is 0 Å². The summed E-state index contributed by atoms with van der Waals surface area (Å²) in [6, 6.07) is 6.77. The third-order valence-corrected chi connectivity index (χ3v) is 6.49. The van der Waals surface area contributed by atoms with Gasteiger partial charge in [0.05, 0.1) is 44.7 Å². The number of ether oxygens (including phenoxy) is 4. The van der Waals surface area contributed by atoms with Crippen LogP contribution in [0.4, 0.5) is 17.6 Å². The molecule has 1 amide bonds. The average molecular weight is 549 g/mol. The van der Waals surface area contributed by atoms with Gasteiger partial charge in [0.25, 0.3) is 0 Å². The number of fused-ring (bicyclic) bond motifs is 1. The molecule has 210 valence electrons. The summed E-state index contributed by atoms with van der Waals surface area (Å²) in [6.07, 6.45) is 4.86. The van der Waals surface area contributed by atoms with Gasteiger partial charge in [0.2, 0.25) is 23.5 Å². The van der Waals surface area contributed by atoms with Gasteiger partial charge in [-0.1, -0.05) is 0 Å². The van der Waals surface area contributed by atoms with Crippen LogP contribution in [0.1, 0.15) is 26.7 Å². The first-order valence-electron chi connectivity index (χ1n) is 12.8. The Hall–Kier alpha value is -4.81. The highest BCUT2D eigenvalue weighted by molar-refractivity contribution is 5.90. The highest BCUT2D eigenvalue weighted by atomic mass is 16.5. The molecule has 4 heterocycles. The van der Waals surface area contributed by atoms with Crippen LogP contribution < -0.4 is 34.9 Å². The summed E-state index contributed by atoms with van der Waals surface area (Å²) >= 11 is 0. The van der Waals surface area contributed by atoms with E-state index in [0.29, 0.717) is 64.7 Å². The number of methoxy groups -OCH3 is 3. The zero-order chi connectivity index (χ0) is 28.4. The van der Waals surface area contributed by atoms with Gasteiger partial charge >= 0.3 is 0 Å². The number of rotatable bonds is 10. The Bertz CT molecular complexity index is 1510. The third-order valence-electron chi connectivity index (χ3n) is 6.49. The number of nitrogens with zero attached hydrogens (tertiary/aromatic N) is 6. The summed E-state index contributed by atoms with van der Waals surface area (Å²) in [5.74, 6) is 2.93. The molecule has 1 aliphatic rings. The minimum atomic E-state index is -0.486. The Morgan fingerprint density at radius 3 is 2.48 bits per heavy atom. The van der Waals surface area contributed by atoms with Crippen molar-refractivity contribution in [3.05, 3.63) is 36.8 Å². The fourth-order valence-electron chi connectivity index (χ4n) is 4.68. The van der Waals surface area contributed by atoms with E-state index in [2.05, 4.69) is 20.3 Å². The maximum atomic E-state index is 12.1. The molecule has 4 aromatic rings. The van der Waals surface area contributed by atoms with E-state index in [1.165, 1.54) is 0 Å². The summed E-state index contributed by atoms with van der Waals surface area (Å²) < 4.78 is 24.0. The summed E-state index contributed by atoms with van der Waals surface area (Å²) in [4.78, 5) is 32.5. The number of hydrogen-bond donors (Lipinski definition) is 2. The lowest BCUT2D eigenvalue weighted by molar-refractivity contribution is -0.119. The topological polar surface area (TPSA) is 152 Å². The quantitative estimate of drug-likeness (QED) is 0.300. The molecular weight excluding hydrogens is 516 g/mol. The lowest BCUT2D eigenvalue weighted by Crippen LogP contribution is -2.41. The van der Waals surface area contributed by atoms with Crippen LogP contribution in [0, 0.1) is 0 Å². The second-order valence-corrected chi connectivity index (χ2v) is 9.49. The van der Waals surface area contributed by atoms with Gasteiger partial charge in [-0.2, -0.15) is 15.0 Å². The van der Waals surface area contributed by atoms with Gasteiger partial charge in [0.1, 0.15) is 24.0 Å². The number of carbonyl (C=O) groups is 1. The van der Waals surface area contributed by atoms with Crippen LogP contribution >= 0.6 is 0 Å². The van der Waals surface area contributed by atoms with Crippen LogP contribution in [0.5, 0.6) is 23.1 Å². The number of aromatic nitrogens is 5. The van der Waals surface area contributed by atoms with Crippen LogP contribution in [0.25, 0.3) is 16.7 Å². The standard InChI is InChI=1S/C27H32N8O5/c1-15(2)40-22-9-8-17-25(32-27(33-26(17)31-22)35-10-6-7-18(35)24(28)36)30-21-13-34(14-29-21)16-11-19(37-3)23(39-5)20(12-16)38-4/h8-9,11-15,18H,6-7,10H2,1-5H3,(H2,28,36)(H,30,31,32,33)/t18-/m0/s1. The largest absolute Gasteiger partial charge is 0.493 e. The molecule has 13 heteroatoms. The second-order valence-electron chi connectivity index (χ2n) is 9.49. The first-order chi connectivity index (χ1) is 19.3. The van der Waals surface area contributed by atoms with Crippen molar-refractivity contribution in [3.63, 3.8) is 0 Å². The molecule has 1 fully saturated rings. The van der Waals surface area contributed by atoms with Crippen LogP contribution in [0.15, 0.2) is 36.8 Å². The van der Waals surface area contributed by atoms with Gasteiger partial charge in [-0.25, -0.2) is 4.98 Å². The number of anilines is 3. The van der Waals surface area contributed by atoms with Crippen molar-refractivity contribution in [2.45, 2.75) is 38.8 Å². The molecule has 1 aromatic carbocycles. The van der Waals surface area contributed by atoms with Crippen LogP contribution in [-0.2, 0) is 4.79 Å². The lowest BCUT2D eigenvalue weighted by atomic mass is 10.2. The number of hydrogen-bond acceptors (Lipinski definition) is 11. The number of pyridine rings is 1. The van der Waals surface area contributed by atoms with Gasteiger partial charge in [0.15, 0.2) is 17.1 Å². The van der Waals surface area contributed by atoms with Crippen molar-refractivity contribution in [3.8, 4) is 28.8 Å². The first kappa shape index (κ1) is 26.8. The third kappa shape index (κ3) is 5.22. The number of nitrogens with two attached hydrogens (primary N) is 1. The summed E-state index contributed by atoms with van der Waals surface area (Å²) in [5.41, 5.74) is 6.84. The van der Waals surface area contributed by atoms with Gasteiger partial charge in [0, 0.05) is 24.7 Å². The highest BCUT2D eigenvalue weighted by Gasteiger charge is 2.31. The number of nitrogens with one attached hydrogen (secondary N) is 1. The molecule has 0 radical (unpaired) electrons. The SMILES string of the molecule is COc1cc(-n2cnc(Nc3nc(N4CCC[C@H]4C(N)=O)nc4nc(OC(C)C)ccc34)c2)cc(OC)c1OC. The predicted octanol–water partition coefficient (Wildman–Crippen LogP) is 3.22. The molecule has 0 unspecified atom stereocenters. The average Bonchev–Trinajstić information content (AvgIpc) is 3.62. The van der Waals surface area contributed by atoms with E-state index in [-0.39, 0.29) is 6.10 Å².